The molecule has 0 bridgehead atoms. The second kappa shape index (κ2) is 7.53. The average Bonchev–Trinajstić information content (AvgIpc) is 3.04. The molecule has 2 aliphatic rings. The molecule has 136 valence electrons. The van der Waals surface area contributed by atoms with E-state index in [1.54, 1.807) is 20.8 Å². The number of nitrogens with zero attached hydrogens (tertiary/aromatic N) is 3. The molecule has 2 saturated heterocycles. The Balaban J connectivity index is 0.000000368. The second-order valence-corrected chi connectivity index (χ2v) is 8.21. The Morgan fingerprint density at radius 1 is 1.33 bits per heavy atom. The van der Waals surface area contributed by atoms with E-state index in [1.165, 1.54) is 0 Å². The fourth-order valence-electron chi connectivity index (χ4n) is 2.62. The molecular weight excluding hydrogens is 307 g/mol. The van der Waals surface area contributed by atoms with Crippen molar-refractivity contribution in [2.24, 2.45) is 5.84 Å². The normalized spacial score (nSPS) is 22.4. The van der Waals surface area contributed by atoms with Crippen LogP contribution < -0.4 is 11.3 Å². The SMILES string of the molecule is CC(C)(C)O.CC1(C)COB(c2cnn(C3CCN(N)CC3)c2)O1. The average molecular weight is 338 g/mol. The topological polar surface area (TPSA) is 85.8 Å². The highest BCUT2D eigenvalue weighted by Gasteiger charge is 2.39. The number of rotatable bonds is 2. The van der Waals surface area contributed by atoms with Gasteiger partial charge in [0.05, 0.1) is 23.9 Å². The van der Waals surface area contributed by atoms with Gasteiger partial charge in [0.15, 0.2) is 0 Å². The zero-order valence-corrected chi connectivity index (χ0v) is 15.5. The molecule has 0 amide bonds. The van der Waals surface area contributed by atoms with Crippen LogP contribution in [0.4, 0.5) is 0 Å². The molecule has 3 N–H and O–H groups in total. The van der Waals surface area contributed by atoms with Crippen LogP contribution in [0.15, 0.2) is 12.4 Å². The van der Waals surface area contributed by atoms with Crippen molar-refractivity contribution in [3.8, 4) is 0 Å². The predicted octanol–water partition coefficient (Wildman–Crippen LogP) is 0.692. The van der Waals surface area contributed by atoms with E-state index in [0.29, 0.717) is 12.6 Å². The molecule has 0 unspecified atom stereocenters. The molecule has 3 rings (SSSR count). The third kappa shape index (κ3) is 6.18. The molecular formula is C16H31BN4O3. The van der Waals surface area contributed by atoms with Crippen molar-refractivity contribution in [2.45, 2.75) is 64.7 Å². The molecule has 0 aromatic carbocycles. The minimum absolute atomic E-state index is 0.211. The van der Waals surface area contributed by atoms with Crippen molar-refractivity contribution < 1.29 is 14.4 Å². The molecule has 0 saturated carbocycles. The van der Waals surface area contributed by atoms with Crippen LogP contribution in [-0.2, 0) is 9.31 Å². The summed E-state index contributed by atoms with van der Waals surface area (Å²) in [6.07, 6.45) is 5.97. The van der Waals surface area contributed by atoms with Crippen LogP contribution in [0.25, 0.3) is 0 Å². The first-order valence-corrected chi connectivity index (χ1v) is 8.59. The first-order valence-electron chi connectivity index (χ1n) is 8.59. The summed E-state index contributed by atoms with van der Waals surface area (Å²) in [7, 11) is -0.279. The van der Waals surface area contributed by atoms with Gasteiger partial charge in [-0.05, 0) is 47.5 Å². The van der Waals surface area contributed by atoms with Gasteiger partial charge in [0, 0.05) is 30.9 Å². The van der Waals surface area contributed by atoms with Gasteiger partial charge in [-0.2, -0.15) is 5.10 Å². The fraction of sp³-hybridized carbons (Fsp3) is 0.812. The molecule has 2 aliphatic heterocycles. The number of hydrazine groups is 1. The van der Waals surface area contributed by atoms with Crippen molar-refractivity contribution in [1.82, 2.24) is 14.8 Å². The lowest BCUT2D eigenvalue weighted by Gasteiger charge is -2.28. The van der Waals surface area contributed by atoms with Crippen molar-refractivity contribution in [1.29, 1.82) is 0 Å². The van der Waals surface area contributed by atoms with Crippen LogP contribution in [0.2, 0.25) is 0 Å². The lowest BCUT2D eigenvalue weighted by Crippen LogP contribution is -2.39. The van der Waals surface area contributed by atoms with Gasteiger partial charge in [0.1, 0.15) is 0 Å². The standard InChI is InChI=1S/C12H21BN4O2.C4H10O/c1-12(2)9-18-13(19-12)10-7-15-17(8-10)11-3-5-16(14)6-4-11;1-4(2,3)5/h7-8,11H,3-6,9,14H2,1-2H3;5H,1-3H3. The molecule has 3 heterocycles. The van der Waals surface area contributed by atoms with Gasteiger partial charge in [0.25, 0.3) is 0 Å². The van der Waals surface area contributed by atoms with E-state index in [0.717, 1.165) is 31.4 Å². The van der Waals surface area contributed by atoms with Crippen LogP contribution in [0, 0.1) is 0 Å². The van der Waals surface area contributed by atoms with Crippen molar-refractivity contribution in [3.05, 3.63) is 12.4 Å². The molecule has 24 heavy (non-hydrogen) atoms. The molecule has 0 aliphatic carbocycles. The summed E-state index contributed by atoms with van der Waals surface area (Å²) in [4.78, 5) is 0. The summed E-state index contributed by atoms with van der Waals surface area (Å²) in [5.41, 5.74) is 0.290. The predicted molar refractivity (Wildman–Crippen MR) is 94.7 cm³/mol. The minimum Gasteiger partial charge on any atom is -0.404 e. The second-order valence-electron chi connectivity index (χ2n) is 8.21. The van der Waals surface area contributed by atoms with Gasteiger partial charge < -0.3 is 14.4 Å². The third-order valence-electron chi connectivity index (χ3n) is 3.78. The Morgan fingerprint density at radius 2 is 1.92 bits per heavy atom. The van der Waals surface area contributed by atoms with Crippen LogP contribution in [0.5, 0.6) is 0 Å². The number of piperidine rings is 1. The van der Waals surface area contributed by atoms with E-state index in [2.05, 4.69) is 5.10 Å². The lowest BCUT2D eigenvalue weighted by molar-refractivity contribution is 0.102. The van der Waals surface area contributed by atoms with Crippen molar-refractivity contribution >= 4 is 12.6 Å². The molecule has 0 spiro atoms. The quantitative estimate of drug-likeness (QED) is 0.610. The monoisotopic (exact) mass is 338 g/mol. The third-order valence-corrected chi connectivity index (χ3v) is 3.78. The van der Waals surface area contributed by atoms with E-state index >= 15 is 0 Å². The maximum absolute atomic E-state index is 8.52. The molecule has 0 atom stereocenters. The molecule has 1 aromatic rings. The minimum atomic E-state index is -0.500. The maximum Gasteiger partial charge on any atom is 0.497 e. The first kappa shape index (κ1) is 19.4. The maximum atomic E-state index is 8.52. The molecule has 1 aromatic heterocycles. The summed E-state index contributed by atoms with van der Waals surface area (Å²) < 4.78 is 13.5. The lowest BCUT2D eigenvalue weighted by atomic mass is 9.82. The molecule has 2 fully saturated rings. The van der Waals surface area contributed by atoms with Gasteiger partial charge in [-0.1, -0.05) is 0 Å². The van der Waals surface area contributed by atoms with Gasteiger partial charge in [0.2, 0.25) is 0 Å². The van der Waals surface area contributed by atoms with Crippen LogP contribution in [0.3, 0.4) is 0 Å². The van der Waals surface area contributed by atoms with E-state index in [-0.39, 0.29) is 12.7 Å². The summed E-state index contributed by atoms with van der Waals surface area (Å²) in [5.74, 6) is 5.77. The number of aliphatic hydroxyl groups is 1. The van der Waals surface area contributed by atoms with Crippen molar-refractivity contribution in [3.63, 3.8) is 0 Å². The summed E-state index contributed by atoms with van der Waals surface area (Å²) in [6, 6.07) is 0.433. The number of aromatic nitrogens is 2. The van der Waals surface area contributed by atoms with Gasteiger partial charge in [-0.25, -0.2) is 5.01 Å². The highest BCUT2D eigenvalue weighted by Crippen LogP contribution is 2.21. The summed E-state index contributed by atoms with van der Waals surface area (Å²) >= 11 is 0. The first-order chi connectivity index (χ1) is 11.0. The summed E-state index contributed by atoms with van der Waals surface area (Å²) in [6.45, 7) is 11.8. The van der Waals surface area contributed by atoms with Gasteiger partial charge in [-0.3, -0.25) is 10.5 Å². The van der Waals surface area contributed by atoms with E-state index < -0.39 is 5.60 Å². The Morgan fingerprint density at radius 3 is 2.42 bits per heavy atom. The van der Waals surface area contributed by atoms with E-state index in [4.69, 9.17) is 20.3 Å². The van der Waals surface area contributed by atoms with Gasteiger partial charge in [-0.15, -0.1) is 0 Å². The van der Waals surface area contributed by atoms with Gasteiger partial charge >= 0.3 is 7.12 Å². The number of hydrogen-bond acceptors (Lipinski definition) is 6. The Labute approximate surface area is 145 Å². The number of nitrogens with two attached hydrogens (primary N) is 1. The van der Waals surface area contributed by atoms with E-state index in [1.807, 2.05) is 35.9 Å². The fourth-order valence-corrected chi connectivity index (χ4v) is 2.62. The largest absolute Gasteiger partial charge is 0.497 e. The molecule has 8 heteroatoms. The van der Waals surface area contributed by atoms with Crippen LogP contribution in [-0.4, -0.2) is 57.9 Å². The van der Waals surface area contributed by atoms with E-state index in [9.17, 15) is 0 Å². The zero-order chi connectivity index (χ0) is 18.0. The highest BCUT2D eigenvalue weighted by molar-refractivity contribution is 6.61. The molecule has 0 radical (unpaired) electrons. The van der Waals surface area contributed by atoms with Crippen LogP contribution >= 0.6 is 0 Å². The molecule has 7 nitrogen and oxygen atoms in total. The Bertz CT molecular complexity index is 516. The Hall–Kier alpha value is -0.925. The van der Waals surface area contributed by atoms with Crippen LogP contribution in [0.1, 0.15) is 53.5 Å². The zero-order valence-electron chi connectivity index (χ0n) is 15.5. The number of hydrogen-bond donors (Lipinski definition) is 2. The highest BCUT2D eigenvalue weighted by atomic mass is 16.7. The smallest absolute Gasteiger partial charge is 0.404 e. The van der Waals surface area contributed by atoms with Crippen molar-refractivity contribution in [2.75, 3.05) is 19.7 Å². The Kier molecular flexibility index (Phi) is 6.09. The summed E-state index contributed by atoms with van der Waals surface area (Å²) in [5, 5.41) is 14.8.